The number of aromatic nitrogens is 1. The summed E-state index contributed by atoms with van der Waals surface area (Å²) >= 11 is 8.12. The summed E-state index contributed by atoms with van der Waals surface area (Å²) in [5.41, 5.74) is 1.37. The summed E-state index contributed by atoms with van der Waals surface area (Å²) < 4.78 is 2.37. The summed E-state index contributed by atoms with van der Waals surface area (Å²) in [6.07, 6.45) is 2.19. The molecule has 5 heteroatoms. The zero-order valence-electron chi connectivity index (χ0n) is 11.8. The van der Waals surface area contributed by atoms with Gasteiger partial charge in [-0.25, -0.2) is 0 Å². The molecule has 1 aromatic heterocycles. The highest BCUT2D eigenvalue weighted by molar-refractivity contribution is 7.99. The van der Waals surface area contributed by atoms with E-state index in [9.17, 15) is 0 Å². The van der Waals surface area contributed by atoms with Crippen LogP contribution >= 0.6 is 23.4 Å². The normalized spacial score (nSPS) is 22.4. The second-order valence-electron chi connectivity index (χ2n) is 5.58. The summed E-state index contributed by atoms with van der Waals surface area (Å²) in [5, 5.41) is 5.59. The molecule has 0 amide bonds. The van der Waals surface area contributed by atoms with Gasteiger partial charge in [0.15, 0.2) is 0 Å². The Balaban J connectivity index is 1.78. The standard InChI is InChI=1S/C16H18ClN3S/c17-12-3-4-15-13(10-12)14(19-8-5-18-6-9-19)11-20-7-1-2-16(20)21-15/h1-4,7,10,14,18H,5-6,8-9,11H2. The van der Waals surface area contributed by atoms with Crippen LogP contribution in [0, 0.1) is 0 Å². The zero-order chi connectivity index (χ0) is 14.2. The minimum Gasteiger partial charge on any atom is -0.341 e. The lowest BCUT2D eigenvalue weighted by Gasteiger charge is -2.35. The first kappa shape index (κ1) is 13.7. The van der Waals surface area contributed by atoms with Crippen LogP contribution in [0.2, 0.25) is 5.02 Å². The van der Waals surface area contributed by atoms with Gasteiger partial charge in [-0.05, 0) is 35.9 Å². The van der Waals surface area contributed by atoms with E-state index < -0.39 is 0 Å². The molecular formula is C16H18ClN3S. The van der Waals surface area contributed by atoms with Crippen LogP contribution in [0.4, 0.5) is 0 Å². The second-order valence-corrected chi connectivity index (χ2v) is 7.08. The smallest absolute Gasteiger partial charge is 0.0797 e. The fourth-order valence-corrected chi connectivity index (χ4v) is 4.47. The highest BCUT2D eigenvalue weighted by Gasteiger charge is 2.28. The minimum atomic E-state index is 0.405. The molecule has 0 saturated carbocycles. The highest BCUT2D eigenvalue weighted by atomic mass is 35.5. The fraction of sp³-hybridized carbons (Fsp3) is 0.375. The molecule has 0 radical (unpaired) electrons. The van der Waals surface area contributed by atoms with E-state index >= 15 is 0 Å². The van der Waals surface area contributed by atoms with Crippen LogP contribution in [0.5, 0.6) is 0 Å². The molecule has 1 unspecified atom stereocenters. The number of halogens is 1. The third-order valence-corrected chi connectivity index (χ3v) is 5.70. The van der Waals surface area contributed by atoms with Crippen molar-refractivity contribution in [3.63, 3.8) is 0 Å². The number of nitrogens with zero attached hydrogens (tertiary/aromatic N) is 2. The summed E-state index contributed by atoms with van der Waals surface area (Å²) in [7, 11) is 0. The molecule has 1 N–H and O–H groups in total. The summed E-state index contributed by atoms with van der Waals surface area (Å²) in [5.74, 6) is 0. The topological polar surface area (TPSA) is 20.2 Å². The second kappa shape index (κ2) is 5.69. The molecular weight excluding hydrogens is 302 g/mol. The Hall–Kier alpha value is -0.940. The molecule has 3 heterocycles. The van der Waals surface area contributed by atoms with Crippen molar-refractivity contribution < 1.29 is 0 Å². The lowest BCUT2D eigenvalue weighted by atomic mass is 10.0. The van der Waals surface area contributed by atoms with Crippen molar-refractivity contribution in [2.75, 3.05) is 26.2 Å². The Morgan fingerprint density at radius 1 is 1.19 bits per heavy atom. The van der Waals surface area contributed by atoms with Gasteiger partial charge in [0.05, 0.1) is 11.1 Å². The van der Waals surface area contributed by atoms with Crippen molar-refractivity contribution in [2.45, 2.75) is 22.5 Å². The van der Waals surface area contributed by atoms with Gasteiger partial charge in [-0.15, -0.1) is 0 Å². The van der Waals surface area contributed by atoms with Crippen LogP contribution in [0.25, 0.3) is 0 Å². The Morgan fingerprint density at radius 2 is 2.05 bits per heavy atom. The molecule has 3 nitrogen and oxygen atoms in total. The van der Waals surface area contributed by atoms with E-state index in [2.05, 4.69) is 45.2 Å². The van der Waals surface area contributed by atoms with Crippen molar-refractivity contribution in [1.29, 1.82) is 0 Å². The molecule has 21 heavy (non-hydrogen) atoms. The minimum absolute atomic E-state index is 0.405. The average Bonchev–Trinajstić information content (AvgIpc) is 2.89. The zero-order valence-corrected chi connectivity index (χ0v) is 13.3. The lowest BCUT2D eigenvalue weighted by Crippen LogP contribution is -2.46. The maximum absolute atomic E-state index is 6.27. The number of piperazine rings is 1. The van der Waals surface area contributed by atoms with Gasteiger partial charge in [-0.1, -0.05) is 23.4 Å². The maximum Gasteiger partial charge on any atom is 0.0797 e. The molecule has 1 aromatic carbocycles. The molecule has 110 valence electrons. The Morgan fingerprint density at radius 3 is 2.90 bits per heavy atom. The van der Waals surface area contributed by atoms with Crippen LogP contribution in [0.3, 0.4) is 0 Å². The van der Waals surface area contributed by atoms with E-state index in [1.807, 2.05) is 17.8 Å². The highest BCUT2D eigenvalue weighted by Crippen LogP contribution is 2.41. The van der Waals surface area contributed by atoms with E-state index in [1.54, 1.807) is 0 Å². The molecule has 1 saturated heterocycles. The summed E-state index contributed by atoms with van der Waals surface area (Å²) in [6, 6.07) is 11.1. The molecule has 0 aliphatic carbocycles. The Kier molecular flexibility index (Phi) is 3.71. The molecule has 2 aliphatic rings. The largest absolute Gasteiger partial charge is 0.341 e. The summed E-state index contributed by atoms with van der Waals surface area (Å²) in [4.78, 5) is 3.92. The van der Waals surface area contributed by atoms with Gasteiger partial charge in [-0.2, -0.15) is 0 Å². The molecule has 1 fully saturated rings. The third-order valence-electron chi connectivity index (χ3n) is 4.30. The molecule has 1 atom stereocenters. The first-order valence-electron chi connectivity index (χ1n) is 7.38. The first-order valence-corrected chi connectivity index (χ1v) is 8.58. The Labute approximate surface area is 134 Å². The molecule has 0 spiro atoms. The SMILES string of the molecule is Clc1ccc2c(c1)C(N1CCNCC1)Cn1cccc1S2. The monoisotopic (exact) mass is 319 g/mol. The van der Waals surface area contributed by atoms with E-state index in [1.165, 1.54) is 15.5 Å². The van der Waals surface area contributed by atoms with E-state index in [4.69, 9.17) is 11.6 Å². The van der Waals surface area contributed by atoms with Crippen LogP contribution in [-0.4, -0.2) is 35.6 Å². The molecule has 2 aromatic rings. The number of fused-ring (bicyclic) bond motifs is 2. The van der Waals surface area contributed by atoms with Gasteiger partial charge in [0, 0.05) is 48.8 Å². The van der Waals surface area contributed by atoms with Gasteiger partial charge in [0.1, 0.15) is 0 Å². The first-order chi connectivity index (χ1) is 10.3. The van der Waals surface area contributed by atoms with E-state index in [0.717, 1.165) is 37.7 Å². The van der Waals surface area contributed by atoms with Gasteiger partial charge in [0.25, 0.3) is 0 Å². The van der Waals surface area contributed by atoms with Gasteiger partial charge >= 0.3 is 0 Å². The quantitative estimate of drug-likeness (QED) is 0.871. The van der Waals surface area contributed by atoms with Gasteiger partial charge < -0.3 is 9.88 Å². The van der Waals surface area contributed by atoms with Gasteiger partial charge in [0.2, 0.25) is 0 Å². The number of hydrogen-bond donors (Lipinski definition) is 1. The van der Waals surface area contributed by atoms with Crippen LogP contribution in [0.15, 0.2) is 46.5 Å². The predicted octanol–water partition coefficient (Wildman–Crippen LogP) is 3.25. The van der Waals surface area contributed by atoms with Crippen molar-refractivity contribution >= 4 is 23.4 Å². The van der Waals surface area contributed by atoms with Gasteiger partial charge in [-0.3, -0.25) is 4.90 Å². The predicted molar refractivity (Wildman–Crippen MR) is 87.2 cm³/mol. The van der Waals surface area contributed by atoms with Crippen molar-refractivity contribution in [1.82, 2.24) is 14.8 Å². The third kappa shape index (κ3) is 2.61. The lowest BCUT2D eigenvalue weighted by molar-refractivity contribution is 0.155. The van der Waals surface area contributed by atoms with Crippen LogP contribution in [0.1, 0.15) is 11.6 Å². The number of hydrogen-bond acceptors (Lipinski definition) is 3. The summed E-state index contributed by atoms with van der Waals surface area (Å²) in [6.45, 7) is 5.33. The molecule has 0 bridgehead atoms. The van der Waals surface area contributed by atoms with Crippen molar-refractivity contribution in [3.8, 4) is 0 Å². The average molecular weight is 320 g/mol. The molecule has 4 rings (SSSR count). The van der Waals surface area contributed by atoms with E-state index in [0.29, 0.717) is 6.04 Å². The van der Waals surface area contributed by atoms with Crippen molar-refractivity contribution in [2.24, 2.45) is 0 Å². The number of rotatable bonds is 1. The maximum atomic E-state index is 6.27. The van der Waals surface area contributed by atoms with Crippen molar-refractivity contribution in [3.05, 3.63) is 47.1 Å². The van der Waals surface area contributed by atoms with E-state index in [-0.39, 0.29) is 0 Å². The molecule has 2 aliphatic heterocycles. The fourth-order valence-electron chi connectivity index (χ4n) is 3.22. The Bertz CT molecular complexity index is 649. The number of nitrogens with one attached hydrogen (secondary N) is 1. The van der Waals surface area contributed by atoms with Crippen LogP contribution in [-0.2, 0) is 6.54 Å². The number of benzene rings is 1. The van der Waals surface area contributed by atoms with Crippen LogP contribution < -0.4 is 5.32 Å².